The number of nitrogens with zero attached hydrogens (tertiary/aromatic N) is 1. The Labute approximate surface area is 192 Å². The standard InChI is InChI=1S/C28H25NO4/c1-17-5-6-18(2)20(11-17)16-32-22-7-9-23-26(14-22)33-27(28(23)30)12-19-15-29(3)25-10-8-21(31-4)13-24(19)25/h5-15H,16H2,1-4H3/b27-12-. The van der Waals surface area contributed by atoms with Crippen molar-refractivity contribution in [3.8, 4) is 17.2 Å². The van der Waals surface area contributed by atoms with Gasteiger partial charge in [-0.05, 0) is 61.4 Å². The van der Waals surface area contributed by atoms with Gasteiger partial charge in [-0.3, -0.25) is 4.79 Å². The first-order chi connectivity index (χ1) is 15.9. The SMILES string of the molecule is COc1ccc2c(c1)c(/C=C1\Oc3cc(OCc4cc(C)ccc4C)ccc3C1=O)cn2C. The number of carbonyl (C=O) groups is 1. The molecule has 0 atom stereocenters. The lowest BCUT2D eigenvalue weighted by molar-refractivity contribution is 0.101. The molecule has 0 saturated carbocycles. The molecule has 2 heterocycles. The molecule has 0 unspecified atom stereocenters. The summed E-state index contributed by atoms with van der Waals surface area (Å²) in [7, 11) is 3.62. The van der Waals surface area contributed by atoms with E-state index in [-0.39, 0.29) is 5.78 Å². The molecule has 3 aromatic carbocycles. The number of fused-ring (bicyclic) bond motifs is 2. The van der Waals surface area contributed by atoms with E-state index in [0.29, 0.717) is 29.4 Å². The van der Waals surface area contributed by atoms with E-state index in [9.17, 15) is 4.79 Å². The minimum absolute atomic E-state index is 0.133. The van der Waals surface area contributed by atoms with Gasteiger partial charge in [0.25, 0.3) is 0 Å². The van der Waals surface area contributed by atoms with Crippen molar-refractivity contribution in [3.63, 3.8) is 0 Å². The number of carbonyl (C=O) groups excluding carboxylic acids is 1. The second kappa shape index (κ2) is 8.17. The van der Waals surface area contributed by atoms with Crippen LogP contribution in [-0.4, -0.2) is 17.5 Å². The summed E-state index contributed by atoms with van der Waals surface area (Å²) in [5.41, 5.74) is 6.01. The van der Waals surface area contributed by atoms with Crippen LogP contribution in [0.25, 0.3) is 17.0 Å². The first-order valence-corrected chi connectivity index (χ1v) is 10.8. The van der Waals surface area contributed by atoms with Gasteiger partial charge in [0.15, 0.2) is 5.76 Å². The second-order valence-corrected chi connectivity index (χ2v) is 8.39. The van der Waals surface area contributed by atoms with E-state index in [2.05, 4.69) is 32.0 Å². The Morgan fingerprint density at radius 2 is 1.82 bits per heavy atom. The number of allylic oxidation sites excluding steroid dienone is 1. The maximum atomic E-state index is 13.0. The van der Waals surface area contributed by atoms with E-state index in [1.807, 2.05) is 42.1 Å². The molecule has 0 saturated heterocycles. The highest BCUT2D eigenvalue weighted by molar-refractivity contribution is 6.15. The highest BCUT2D eigenvalue weighted by Gasteiger charge is 2.28. The number of hydrogen-bond donors (Lipinski definition) is 0. The van der Waals surface area contributed by atoms with Gasteiger partial charge in [-0.15, -0.1) is 0 Å². The highest BCUT2D eigenvalue weighted by Crippen LogP contribution is 2.36. The molecule has 1 aliphatic heterocycles. The largest absolute Gasteiger partial charge is 0.497 e. The van der Waals surface area contributed by atoms with Gasteiger partial charge in [-0.2, -0.15) is 0 Å². The van der Waals surface area contributed by atoms with Crippen molar-refractivity contribution in [1.29, 1.82) is 0 Å². The van der Waals surface area contributed by atoms with Gasteiger partial charge in [-0.25, -0.2) is 0 Å². The van der Waals surface area contributed by atoms with Crippen LogP contribution >= 0.6 is 0 Å². The molecule has 0 N–H and O–H groups in total. The molecule has 0 aliphatic carbocycles. The molecule has 5 rings (SSSR count). The lowest BCUT2D eigenvalue weighted by Gasteiger charge is -2.10. The van der Waals surface area contributed by atoms with Gasteiger partial charge < -0.3 is 18.8 Å². The first kappa shape index (κ1) is 20.9. The van der Waals surface area contributed by atoms with Crippen molar-refractivity contribution in [2.75, 3.05) is 7.11 Å². The molecule has 5 heteroatoms. The predicted octanol–water partition coefficient (Wildman–Crippen LogP) is 6.00. The number of methoxy groups -OCH3 is 1. The molecule has 0 fully saturated rings. The van der Waals surface area contributed by atoms with Gasteiger partial charge in [0.05, 0.1) is 12.7 Å². The van der Waals surface area contributed by atoms with E-state index in [0.717, 1.165) is 27.8 Å². The molecule has 0 radical (unpaired) electrons. The molecule has 1 aliphatic rings. The Kier molecular flexibility index (Phi) is 5.17. The Balaban J connectivity index is 1.41. The van der Waals surface area contributed by atoms with Gasteiger partial charge in [-0.1, -0.05) is 23.8 Å². The highest BCUT2D eigenvalue weighted by atomic mass is 16.5. The average Bonchev–Trinajstić information content (AvgIpc) is 3.30. The summed E-state index contributed by atoms with van der Waals surface area (Å²) in [6, 6.07) is 17.6. The number of ketones is 1. The predicted molar refractivity (Wildman–Crippen MR) is 129 cm³/mol. The van der Waals surface area contributed by atoms with E-state index >= 15 is 0 Å². The molecular formula is C28H25NO4. The molecule has 5 nitrogen and oxygen atoms in total. The van der Waals surface area contributed by atoms with Crippen molar-refractivity contribution in [2.24, 2.45) is 7.05 Å². The Hall–Kier alpha value is -3.99. The number of rotatable bonds is 5. The van der Waals surface area contributed by atoms with Crippen LogP contribution in [0.3, 0.4) is 0 Å². The zero-order chi connectivity index (χ0) is 23.1. The van der Waals surface area contributed by atoms with Crippen LogP contribution in [0.5, 0.6) is 17.2 Å². The number of hydrogen-bond acceptors (Lipinski definition) is 4. The molecule has 33 heavy (non-hydrogen) atoms. The van der Waals surface area contributed by atoms with Crippen molar-refractivity contribution in [1.82, 2.24) is 4.57 Å². The summed E-state index contributed by atoms with van der Waals surface area (Å²) in [6.07, 6.45) is 3.77. The fourth-order valence-corrected chi connectivity index (χ4v) is 4.16. The number of Topliss-reactive ketones (excluding diaryl/α,β-unsaturated/α-hetero) is 1. The minimum atomic E-state index is -0.133. The van der Waals surface area contributed by atoms with Crippen LogP contribution in [0.4, 0.5) is 0 Å². The van der Waals surface area contributed by atoms with E-state index < -0.39 is 0 Å². The maximum absolute atomic E-state index is 13.0. The topological polar surface area (TPSA) is 49.7 Å². The van der Waals surface area contributed by atoms with Gasteiger partial charge in [0.1, 0.15) is 23.9 Å². The van der Waals surface area contributed by atoms with Crippen LogP contribution < -0.4 is 14.2 Å². The molecule has 166 valence electrons. The smallest absolute Gasteiger partial charge is 0.231 e. The number of aryl methyl sites for hydroxylation is 3. The third kappa shape index (κ3) is 3.87. The monoisotopic (exact) mass is 439 g/mol. The zero-order valence-corrected chi connectivity index (χ0v) is 19.1. The second-order valence-electron chi connectivity index (χ2n) is 8.39. The van der Waals surface area contributed by atoms with Gasteiger partial charge in [0.2, 0.25) is 5.78 Å². The summed E-state index contributed by atoms with van der Waals surface area (Å²) >= 11 is 0. The van der Waals surface area contributed by atoms with Crippen molar-refractivity contribution in [3.05, 3.63) is 94.4 Å². The summed E-state index contributed by atoms with van der Waals surface area (Å²) in [6.45, 7) is 4.60. The fourth-order valence-electron chi connectivity index (χ4n) is 4.16. The van der Waals surface area contributed by atoms with E-state index in [4.69, 9.17) is 14.2 Å². The quantitative estimate of drug-likeness (QED) is 0.358. The number of benzene rings is 3. The lowest BCUT2D eigenvalue weighted by Crippen LogP contribution is -1.99. The Morgan fingerprint density at radius 3 is 2.64 bits per heavy atom. The third-order valence-electron chi connectivity index (χ3n) is 6.05. The van der Waals surface area contributed by atoms with Crippen LogP contribution in [-0.2, 0) is 13.7 Å². The zero-order valence-electron chi connectivity index (χ0n) is 19.1. The number of aromatic nitrogens is 1. The summed E-state index contributed by atoms with van der Waals surface area (Å²) < 4.78 is 19.4. The molecule has 0 spiro atoms. The molecule has 0 amide bonds. The van der Waals surface area contributed by atoms with Crippen LogP contribution in [0.15, 0.2) is 66.6 Å². The molecule has 1 aromatic heterocycles. The maximum Gasteiger partial charge on any atom is 0.231 e. The molecule has 4 aromatic rings. The summed E-state index contributed by atoms with van der Waals surface area (Å²) in [5.74, 6) is 2.11. The van der Waals surface area contributed by atoms with Crippen molar-refractivity contribution in [2.45, 2.75) is 20.5 Å². The minimum Gasteiger partial charge on any atom is -0.497 e. The van der Waals surface area contributed by atoms with E-state index in [1.54, 1.807) is 25.3 Å². The normalized spacial score (nSPS) is 13.9. The van der Waals surface area contributed by atoms with Crippen molar-refractivity contribution >= 4 is 22.8 Å². The lowest BCUT2D eigenvalue weighted by atomic mass is 10.1. The molecular weight excluding hydrogens is 414 g/mol. The number of ether oxygens (including phenoxy) is 3. The first-order valence-electron chi connectivity index (χ1n) is 10.8. The summed E-state index contributed by atoms with van der Waals surface area (Å²) in [5, 5.41) is 0.995. The van der Waals surface area contributed by atoms with Crippen molar-refractivity contribution < 1.29 is 19.0 Å². The third-order valence-corrected chi connectivity index (χ3v) is 6.05. The Bertz CT molecular complexity index is 1430. The fraction of sp³-hybridized carbons (Fsp3) is 0.179. The van der Waals surface area contributed by atoms with Crippen LogP contribution in [0.2, 0.25) is 0 Å². The van der Waals surface area contributed by atoms with Gasteiger partial charge in [0, 0.05) is 35.8 Å². The Morgan fingerprint density at radius 1 is 1.00 bits per heavy atom. The average molecular weight is 440 g/mol. The molecule has 0 bridgehead atoms. The summed E-state index contributed by atoms with van der Waals surface area (Å²) in [4.78, 5) is 13.0. The van der Waals surface area contributed by atoms with Crippen LogP contribution in [0, 0.1) is 13.8 Å². The van der Waals surface area contributed by atoms with E-state index in [1.165, 1.54) is 11.1 Å². The van der Waals surface area contributed by atoms with Gasteiger partial charge >= 0.3 is 0 Å². The van der Waals surface area contributed by atoms with Crippen LogP contribution in [0.1, 0.15) is 32.6 Å².